The molecule has 3 rings (SSSR count). The van der Waals surface area contributed by atoms with Crippen molar-refractivity contribution in [2.45, 2.75) is 0 Å². The molecule has 6 nitrogen and oxygen atoms in total. The van der Waals surface area contributed by atoms with Gasteiger partial charge < -0.3 is 10.7 Å². The zero-order chi connectivity index (χ0) is 13.2. The van der Waals surface area contributed by atoms with E-state index in [1.165, 1.54) is 0 Å². The average molecular weight is 253 g/mol. The predicted molar refractivity (Wildman–Crippen MR) is 70.1 cm³/mol. The number of imidazole rings is 1. The molecule has 0 spiro atoms. The van der Waals surface area contributed by atoms with Gasteiger partial charge in [-0.1, -0.05) is 30.3 Å². The first-order valence-electron chi connectivity index (χ1n) is 5.70. The lowest BCUT2D eigenvalue weighted by molar-refractivity contribution is 0.0991. The van der Waals surface area contributed by atoms with E-state index in [1.54, 1.807) is 12.4 Å². The number of carbonyl (C=O) groups excluding carboxylic acids is 1. The molecule has 0 fully saturated rings. The molecule has 1 aromatic carbocycles. The number of amides is 1. The van der Waals surface area contributed by atoms with Crippen molar-refractivity contribution in [2.75, 3.05) is 0 Å². The minimum absolute atomic E-state index is 0.134. The van der Waals surface area contributed by atoms with Crippen molar-refractivity contribution in [1.82, 2.24) is 20.2 Å². The zero-order valence-corrected chi connectivity index (χ0v) is 9.92. The average Bonchev–Trinajstić information content (AvgIpc) is 3.08. The molecule has 0 saturated heterocycles. The summed E-state index contributed by atoms with van der Waals surface area (Å²) < 4.78 is 0. The van der Waals surface area contributed by atoms with E-state index in [4.69, 9.17) is 5.73 Å². The fourth-order valence-corrected chi connectivity index (χ4v) is 1.89. The van der Waals surface area contributed by atoms with Crippen LogP contribution in [0.2, 0.25) is 0 Å². The summed E-state index contributed by atoms with van der Waals surface area (Å²) in [5.74, 6) is -0.453. The number of hydrogen-bond donors (Lipinski definition) is 3. The van der Waals surface area contributed by atoms with Gasteiger partial charge in [-0.2, -0.15) is 5.10 Å². The van der Waals surface area contributed by atoms with Crippen LogP contribution in [0, 0.1) is 0 Å². The van der Waals surface area contributed by atoms with Gasteiger partial charge in [0.2, 0.25) is 0 Å². The Labute approximate surface area is 108 Å². The third-order valence-electron chi connectivity index (χ3n) is 2.77. The SMILES string of the molecule is NC(=O)c1nc(-c2c[nH]nc2-c2ccccc2)c[nH]1. The number of nitrogens with one attached hydrogen (secondary N) is 2. The van der Waals surface area contributed by atoms with Gasteiger partial charge in [0.15, 0.2) is 5.82 Å². The first-order valence-corrected chi connectivity index (χ1v) is 5.70. The first-order chi connectivity index (χ1) is 9.25. The van der Waals surface area contributed by atoms with Crippen molar-refractivity contribution in [3.8, 4) is 22.5 Å². The number of hydrogen-bond acceptors (Lipinski definition) is 3. The molecule has 0 aliphatic carbocycles. The summed E-state index contributed by atoms with van der Waals surface area (Å²) >= 11 is 0. The van der Waals surface area contributed by atoms with E-state index in [2.05, 4.69) is 20.2 Å². The number of primary amides is 1. The van der Waals surface area contributed by atoms with Crippen molar-refractivity contribution in [2.24, 2.45) is 5.73 Å². The molecular formula is C13H11N5O. The molecule has 4 N–H and O–H groups in total. The van der Waals surface area contributed by atoms with E-state index in [0.29, 0.717) is 5.69 Å². The van der Waals surface area contributed by atoms with Gasteiger partial charge in [-0.3, -0.25) is 9.89 Å². The highest BCUT2D eigenvalue weighted by Gasteiger charge is 2.14. The van der Waals surface area contributed by atoms with Crippen LogP contribution in [0.25, 0.3) is 22.5 Å². The quantitative estimate of drug-likeness (QED) is 0.660. The van der Waals surface area contributed by atoms with E-state index >= 15 is 0 Å². The van der Waals surface area contributed by atoms with Gasteiger partial charge in [0.1, 0.15) is 5.69 Å². The second-order valence-corrected chi connectivity index (χ2v) is 4.01. The van der Waals surface area contributed by atoms with Crippen LogP contribution >= 0.6 is 0 Å². The van der Waals surface area contributed by atoms with Gasteiger partial charge in [0, 0.05) is 23.5 Å². The monoisotopic (exact) mass is 253 g/mol. The van der Waals surface area contributed by atoms with Gasteiger partial charge in [0.05, 0.1) is 5.69 Å². The second-order valence-electron chi connectivity index (χ2n) is 4.01. The minimum atomic E-state index is -0.587. The molecule has 94 valence electrons. The highest BCUT2D eigenvalue weighted by Crippen LogP contribution is 2.28. The van der Waals surface area contributed by atoms with Crippen LogP contribution in [0.3, 0.4) is 0 Å². The summed E-state index contributed by atoms with van der Waals surface area (Å²) in [5.41, 5.74) is 8.37. The molecule has 0 radical (unpaired) electrons. The van der Waals surface area contributed by atoms with Crippen molar-refractivity contribution < 1.29 is 4.79 Å². The topological polar surface area (TPSA) is 100 Å². The molecule has 0 unspecified atom stereocenters. The predicted octanol–water partition coefficient (Wildman–Crippen LogP) is 1.57. The van der Waals surface area contributed by atoms with Crippen LogP contribution in [-0.2, 0) is 0 Å². The van der Waals surface area contributed by atoms with E-state index in [-0.39, 0.29) is 5.82 Å². The Bertz CT molecular complexity index is 713. The number of nitrogens with zero attached hydrogens (tertiary/aromatic N) is 2. The zero-order valence-electron chi connectivity index (χ0n) is 9.92. The number of aromatic nitrogens is 4. The maximum absolute atomic E-state index is 11.0. The number of nitrogens with two attached hydrogens (primary N) is 1. The number of carbonyl (C=O) groups is 1. The molecule has 0 saturated carbocycles. The summed E-state index contributed by atoms with van der Waals surface area (Å²) in [7, 11) is 0. The lowest BCUT2D eigenvalue weighted by atomic mass is 10.1. The Kier molecular flexibility index (Phi) is 2.60. The number of rotatable bonds is 3. The summed E-state index contributed by atoms with van der Waals surface area (Å²) in [5, 5.41) is 7.04. The van der Waals surface area contributed by atoms with Crippen LogP contribution in [0.1, 0.15) is 10.6 Å². The van der Waals surface area contributed by atoms with E-state index < -0.39 is 5.91 Å². The minimum Gasteiger partial charge on any atom is -0.363 e. The van der Waals surface area contributed by atoms with Crippen LogP contribution in [0.15, 0.2) is 42.7 Å². The third-order valence-corrected chi connectivity index (χ3v) is 2.77. The van der Waals surface area contributed by atoms with Gasteiger partial charge in [0.25, 0.3) is 5.91 Å². The molecule has 1 amide bonds. The number of H-pyrrole nitrogens is 2. The molecule has 3 aromatic rings. The Morgan fingerprint density at radius 2 is 1.95 bits per heavy atom. The van der Waals surface area contributed by atoms with E-state index in [9.17, 15) is 4.79 Å². The van der Waals surface area contributed by atoms with Crippen molar-refractivity contribution >= 4 is 5.91 Å². The van der Waals surface area contributed by atoms with Crippen LogP contribution in [0.4, 0.5) is 0 Å². The molecule has 0 atom stereocenters. The molecule has 2 aromatic heterocycles. The van der Waals surface area contributed by atoms with Gasteiger partial charge >= 0.3 is 0 Å². The van der Waals surface area contributed by atoms with Gasteiger partial charge in [-0.05, 0) is 0 Å². The lowest BCUT2D eigenvalue weighted by Crippen LogP contribution is -2.12. The van der Waals surface area contributed by atoms with Gasteiger partial charge in [-0.15, -0.1) is 0 Å². The third kappa shape index (κ3) is 1.99. The highest BCUT2D eigenvalue weighted by atomic mass is 16.1. The van der Waals surface area contributed by atoms with Crippen LogP contribution < -0.4 is 5.73 Å². The largest absolute Gasteiger partial charge is 0.363 e. The van der Waals surface area contributed by atoms with Crippen molar-refractivity contribution in [1.29, 1.82) is 0 Å². The standard InChI is InChI=1S/C13H11N5O/c14-12(19)13-15-7-10(17-13)9-6-16-18-11(9)8-4-2-1-3-5-8/h1-7H,(H2,14,19)(H,15,17)(H,16,18). The van der Waals surface area contributed by atoms with Crippen molar-refractivity contribution in [3.63, 3.8) is 0 Å². The molecule has 2 heterocycles. The summed E-state index contributed by atoms with van der Waals surface area (Å²) in [6.45, 7) is 0. The molecule has 0 bridgehead atoms. The highest BCUT2D eigenvalue weighted by molar-refractivity contribution is 5.90. The Balaban J connectivity index is 2.07. The normalized spacial score (nSPS) is 10.5. The lowest BCUT2D eigenvalue weighted by Gasteiger charge is -1.99. The summed E-state index contributed by atoms with van der Waals surface area (Å²) in [6.07, 6.45) is 3.38. The first kappa shape index (κ1) is 11.2. The Hall–Kier alpha value is -2.89. The Morgan fingerprint density at radius 1 is 1.16 bits per heavy atom. The van der Waals surface area contributed by atoms with Crippen molar-refractivity contribution in [3.05, 3.63) is 48.5 Å². The summed E-state index contributed by atoms with van der Waals surface area (Å²) in [4.78, 5) is 17.9. The second kappa shape index (κ2) is 4.41. The van der Waals surface area contributed by atoms with Gasteiger partial charge in [-0.25, -0.2) is 4.98 Å². The molecule has 19 heavy (non-hydrogen) atoms. The maximum atomic E-state index is 11.0. The molecule has 0 aliphatic heterocycles. The fourth-order valence-electron chi connectivity index (χ4n) is 1.89. The molecule has 0 aliphatic rings. The molecular weight excluding hydrogens is 242 g/mol. The number of benzene rings is 1. The smallest absolute Gasteiger partial charge is 0.284 e. The fraction of sp³-hybridized carbons (Fsp3) is 0. The van der Waals surface area contributed by atoms with E-state index in [1.807, 2.05) is 30.3 Å². The molecule has 6 heteroatoms. The summed E-state index contributed by atoms with van der Waals surface area (Å²) in [6, 6.07) is 9.73. The Morgan fingerprint density at radius 3 is 2.63 bits per heavy atom. The van der Waals surface area contributed by atoms with E-state index in [0.717, 1.165) is 16.8 Å². The van der Waals surface area contributed by atoms with Crippen LogP contribution in [-0.4, -0.2) is 26.1 Å². The maximum Gasteiger partial charge on any atom is 0.284 e. The number of aromatic amines is 2. The van der Waals surface area contributed by atoms with Crippen LogP contribution in [0.5, 0.6) is 0 Å².